The summed E-state index contributed by atoms with van der Waals surface area (Å²) in [5.74, 6) is 1.32. The number of aliphatic hydroxyl groups is 1. The van der Waals surface area contributed by atoms with E-state index in [4.69, 9.17) is 0 Å². The van der Waals surface area contributed by atoms with E-state index in [1.807, 2.05) is 0 Å². The number of carbonyl (C=O) groups is 1. The number of nitrogens with zero attached hydrogens (tertiary/aromatic N) is 1. The molecular formula is C14H26N2O2. The van der Waals surface area contributed by atoms with Crippen molar-refractivity contribution >= 4 is 5.91 Å². The second-order valence-corrected chi connectivity index (χ2v) is 5.94. The SMILES string of the molecule is CC1CCCN(CC(=O)NCC2CCC2)C1CO. The maximum Gasteiger partial charge on any atom is 0.234 e. The largest absolute Gasteiger partial charge is 0.395 e. The smallest absolute Gasteiger partial charge is 0.234 e. The summed E-state index contributed by atoms with van der Waals surface area (Å²) in [7, 11) is 0. The van der Waals surface area contributed by atoms with Crippen LogP contribution in [0, 0.1) is 11.8 Å². The van der Waals surface area contributed by atoms with Gasteiger partial charge in [0.05, 0.1) is 13.2 Å². The maximum atomic E-state index is 11.9. The highest BCUT2D eigenvalue weighted by Crippen LogP contribution is 2.25. The maximum absolute atomic E-state index is 11.9. The zero-order valence-corrected chi connectivity index (χ0v) is 11.4. The molecule has 1 heterocycles. The van der Waals surface area contributed by atoms with Gasteiger partial charge in [-0.25, -0.2) is 0 Å². The van der Waals surface area contributed by atoms with Crippen LogP contribution in [0.3, 0.4) is 0 Å². The zero-order chi connectivity index (χ0) is 13.0. The van der Waals surface area contributed by atoms with Crippen molar-refractivity contribution in [3.05, 3.63) is 0 Å². The minimum Gasteiger partial charge on any atom is -0.395 e. The van der Waals surface area contributed by atoms with Crippen molar-refractivity contribution in [2.45, 2.75) is 45.1 Å². The molecule has 2 aliphatic rings. The topological polar surface area (TPSA) is 52.6 Å². The number of hydrogen-bond donors (Lipinski definition) is 2. The Kier molecular flexibility index (Phi) is 5.01. The third-order valence-corrected chi connectivity index (χ3v) is 4.58. The van der Waals surface area contributed by atoms with Gasteiger partial charge in [-0.1, -0.05) is 13.3 Å². The van der Waals surface area contributed by atoms with E-state index in [1.54, 1.807) is 0 Å². The van der Waals surface area contributed by atoms with Gasteiger partial charge < -0.3 is 10.4 Å². The summed E-state index contributed by atoms with van der Waals surface area (Å²) in [4.78, 5) is 14.0. The molecule has 0 aromatic rings. The molecule has 1 amide bonds. The monoisotopic (exact) mass is 254 g/mol. The predicted octanol–water partition coefficient (Wildman–Crippen LogP) is 0.995. The Morgan fingerprint density at radius 1 is 1.33 bits per heavy atom. The highest BCUT2D eigenvalue weighted by atomic mass is 16.3. The Morgan fingerprint density at radius 2 is 2.11 bits per heavy atom. The Hall–Kier alpha value is -0.610. The molecule has 4 heteroatoms. The normalized spacial score (nSPS) is 29.9. The molecule has 1 aliphatic heterocycles. The van der Waals surface area contributed by atoms with Gasteiger partial charge in [0.25, 0.3) is 0 Å². The molecule has 1 saturated heterocycles. The minimum atomic E-state index is 0.120. The summed E-state index contributed by atoms with van der Waals surface area (Å²) < 4.78 is 0. The van der Waals surface area contributed by atoms with Crippen LogP contribution >= 0.6 is 0 Å². The van der Waals surface area contributed by atoms with Crippen LogP contribution in [-0.4, -0.2) is 48.2 Å². The fraction of sp³-hybridized carbons (Fsp3) is 0.929. The van der Waals surface area contributed by atoms with Crippen LogP contribution in [0.4, 0.5) is 0 Å². The van der Waals surface area contributed by atoms with E-state index in [1.165, 1.54) is 19.3 Å². The van der Waals surface area contributed by atoms with Crippen LogP contribution in [0.25, 0.3) is 0 Å². The van der Waals surface area contributed by atoms with Crippen molar-refractivity contribution in [1.29, 1.82) is 0 Å². The fourth-order valence-electron chi connectivity index (χ4n) is 3.02. The molecule has 2 N–H and O–H groups in total. The second kappa shape index (κ2) is 6.53. The van der Waals surface area contributed by atoms with Crippen molar-refractivity contribution in [1.82, 2.24) is 10.2 Å². The first-order chi connectivity index (χ1) is 8.70. The number of rotatable bonds is 5. The molecule has 0 spiro atoms. The van der Waals surface area contributed by atoms with Gasteiger partial charge in [-0.05, 0) is 44.1 Å². The number of likely N-dealkylation sites (tertiary alicyclic amines) is 1. The first-order valence-electron chi connectivity index (χ1n) is 7.32. The second-order valence-electron chi connectivity index (χ2n) is 5.94. The van der Waals surface area contributed by atoms with Crippen molar-refractivity contribution < 1.29 is 9.90 Å². The molecular weight excluding hydrogens is 228 g/mol. The molecule has 0 aromatic heterocycles. The molecule has 1 saturated carbocycles. The van der Waals surface area contributed by atoms with Gasteiger partial charge in [0.1, 0.15) is 0 Å². The molecule has 2 rings (SSSR count). The van der Waals surface area contributed by atoms with Gasteiger partial charge in [-0.15, -0.1) is 0 Å². The molecule has 0 bridgehead atoms. The first kappa shape index (κ1) is 13.8. The standard InChI is InChI=1S/C14H26N2O2/c1-11-4-3-7-16(13(11)10-17)9-14(18)15-8-12-5-2-6-12/h11-13,17H,2-10H2,1H3,(H,15,18). The van der Waals surface area contributed by atoms with Gasteiger partial charge in [0.2, 0.25) is 5.91 Å². The number of carbonyl (C=O) groups excluding carboxylic acids is 1. The molecule has 2 atom stereocenters. The lowest BCUT2D eigenvalue weighted by Gasteiger charge is -2.38. The lowest BCUT2D eigenvalue weighted by molar-refractivity contribution is -0.124. The summed E-state index contributed by atoms with van der Waals surface area (Å²) in [6.45, 7) is 4.55. The van der Waals surface area contributed by atoms with E-state index in [2.05, 4.69) is 17.1 Å². The summed E-state index contributed by atoms with van der Waals surface area (Å²) in [6, 6.07) is 0.160. The summed E-state index contributed by atoms with van der Waals surface area (Å²) in [5, 5.41) is 12.5. The van der Waals surface area contributed by atoms with Gasteiger partial charge >= 0.3 is 0 Å². The lowest BCUT2D eigenvalue weighted by Crippen LogP contribution is -2.50. The Bertz CT molecular complexity index is 279. The van der Waals surface area contributed by atoms with Crippen LogP contribution in [-0.2, 0) is 4.79 Å². The predicted molar refractivity (Wildman–Crippen MR) is 71.2 cm³/mol. The molecule has 18 heavy (non-hydrogen) atoms. The van der Waals surface area contributed by atoms with Crippen LogP contribution in [0.2, 0.25) is 0 Å². The van der Waals surface area contributed by atoms with Gasteiger partial charge in [0.15, 0.2) is 0 Å². The number of piperidine rings is 1. The van der Waals surface area contributed by atoms with Gasteiger partial charge in [-0.2, -0.15) is 0 Å². The van der Waals surface area contributed by atoms with Crippen LogP contribution < -0.4 is 5.32 Å². The van der Waals surface area contributed by atoms with Crippen molar-refractivity contribution in [3.8, 4) is 0 Å². The molecule has 4 nitrogen and oxygen atoms in total. The first-order valence-corrected chi connectivity index (χ1v) is 7.32. The molecule has 1 aliphatic carbocycles. The average Bonchev–Trinajstić information content (AvgIpc) is 2.27. The number of hydrogen-bond acceptors (Lipinski definition) is 3. The quantitative estimate of drug-likeness (QED) is 0.769. The summed E-state index contributed by atoms with van der Waals surface area (Å²) >= 11 is 0. The molecule has 0 radical (unpaired) electrons. The summed E-state index contributed by atoms with van der Waals surface area (Å²) in [5.41, 5.74) is 0. The van der Waals surface area contributed by atoms with E-state index >= 15 is 0 Å². The van der Waals surface area contributed by atoms with Gasteiger partial charge in [-0.3, -0.25) is 9.69 Å². The highest BCUT2D eigenvalue weighted by Gasteiger charge is 2.29. The number of amides is 1. The average molecular weight is 254 g/mol. The minimum absolute atomic E-state index is 0.120. The Balaban J connectivity index is 1.73. The Morgan fingerprint density at radius 3 is 2.72 bits per heavy atom. The summed E-state index contributed by atoms with van der Waals surface area (Å²) in [6.07, 6.45) is 6.14. The number of aliphatic hydroxyl groups excluding tert-OH is 1. The zero-order valence-electron chi connectivity index (χ0n) is 11.4. The van der Waals surface area contributed by atoms with Crippen LogP contribution in [0.5, 0.6) is 0 Å². The number of nitrogens with one attached hydrogen (secondary N) is 1. The van der Waals surface area contributed by atoms with E-state index in [9.17, 15) is 9.90 Å². The fourth-order valence-corrected chi connectivity index (χ4v) is 3.02. The highest BCUT2D eigenvalue weighted by molar-refractivity contribution is 5.78. The van der Waals surface area contributed by atoms with Crippen molar-refractivity contribution in [2.75, 3.05) is 26.2 Å². The molecule has 0 aromatic carbocycles. The van der Waals surface area contributed by atoms with Crippen molar-refractivity contribution in [2.24, 2.45) is 11.8 Å². The van der Waals surface area contributed by atoms with Gasteiger partial charge in [0, 0.05) is 12.6 Å². The molecule has 2 fully saturated rings. The molecule has 104 valence electrons. The third-order valence-electron chi connectivity index (χ3n) is 4.58. The van der Waals surface area contributed by atoms with E-state index < -0.39 is 0 Å². The van der Waals surface area contributed by atoms with Crippen LogP contribution in [0.15, 0.2) is 0 Å². The lowest BCUT2D eigenvalue weighted by atomic mass is 9.85. The van der Waals surface area contributed by atoms with E-state index in [0.717, 1.165) is 25.9 Å². The molecule has 2 unspecified atom stereocenters. The Labute approximate surface area is 110 Å². The van der Waals surface area contributed by atoms with Crippen molar-refractivity contribution in [3.63, 3.8) is 0 Å². The van der Waals surface area contributed by atoms with E-state index in [-0.39, 0.29) is 18.6 Å². The van der Waals surface area contributed by atoms with Crippen LogP contribution in [0.1, 0.15) is 39.0 Å². The van der Waals surface area contributed by atoms with E-state index in [0.29, 0.717) is 18.4 Å². The third kappa shape index (κ3) is 3.45.